The molecule has 0 unspecified atom stereocenters. The molecule has 0 saturated carbocycles. The minimum absolute atomic E-state index is 0.0614. The SMILES string of the molecule is COc1ccc(S(=O)(=O)N(CC(=O)NCCC2=CCCCC2)c2ccc(F)c(Cl)c2)cc1OC. The first-order chi connectivity index (χ1) is 16.3. The smallest absolute Gasteiger partial charge is 0.264 e. The molecule has 1 aliphatic carbocycles. The highest BCUT2D eigenvalue weighted by molar-refractivity contribution is 7.92. The van der Waals surface area contributed by atoms with Gasteiger partial charge in [-0.15, -0.1) is 0 Å². The maximum Gasteiger partial charge on any atom is 0.264 e. The number of carbonyl (C=O) groups is 1. The van der Waals surface area contributed by atoms with Crippen molar-refractivity contribution in [2.24, 2.45) is 0 Å². The Bertz CT molecular complexity index is 1170. The van der Waals surface area contributed by atoms with E-state index in [-0.39, 0.29) is 21.4 Å². The Balaban J connectivity index is 1.86. The lowest BCUT2D eigenvalue weighted by Gasteiger charge is -2.25. The Morgan fingerprint density at radius 3 is 2.53 bits per heavy atom. The van der Waals surface area contributed by atoms with Crippen LogP contribution in [0.15, 0.2) is 52.9 Å². The van der Waals surface area contributed by atoms with Gasteiger partial charge in [-0.3, -0.25) is 9.10 Å². The topological polar surface area (TPSA) is 84.9 Å². The number of halogens is 2. The Labute approximate surface area is 204 Å². The fourth-order valence-corrected chi connectivity index (χ4v) is 5.34. The van der Waals surface area contributed by atoms with Crippen molar-refractivity contribution >= 4 is 33.2 Å². The van der Waals surface area contributed by atoms with Gasteiger partial charge in [-0.25, -0.2) is 12.8 Å². The average Bonchev–Trinajstić information content (AvgIpc) is 2.84. The molecular formula is C24H28ClFN2O5S. The molecule has 1 aliphatic rings. The molecule has 0 heterocycles. The van der Waals surface area contributed by atoms with Crippen LogP contribution in [0.1, 0.15) is 32.1 Å². The number of hydrogen-bond donors (Lipinski definition) is 1. The van der Waals surface area contributed by atoms with Crippen LogP contribution in [-0.2, 0) is 14.8 Å². The molecule has 2 aromatic rings. The van der Waals surface area contributed by atoms with Crippen molar-refractivity contribution in [2.45, 2.75) is 37.0 Å². The van der Waals surface area contributed by atoms with E-state index in [1.807, 2.05) is 0 Å². The number of rotatable bonds is 10. The second kappa shape index (κ2) is 11.6. The van der Waals surface area contributed by atoms with Gasteiger partial charge in [0.1, 0.15) is 12.4 Å². The van der Waals surface area contributed by atoms with Gasteiger partial charge < -0.3 is 14.8 Å². The molecule has 0 bridgehead atoms. The fourth-order valence-electron chi connectivity index (χ4n) is 3.74. The normalized spacial score (nSPS) is 13.7. The molecule has 1 amide bonds. The number of benzene rings is 2. The van der Waals surface area contributed by atoms with Crippen molar-refractivity contribution in [3.63, 3.8) is 0 Å². The van der Waals surface area contributed by atoms with E-state index in [1.54, 1.807) is 0 Å². The van der Waals surface area contributed by atoms with Gasteiger partial charge in [-0.2, -0.15) is 0 Å². The predicted octanol–water partition coefficient (Wildman–Crippen LogP) is 4.70. The Kier molecular flexibility index (Phi) is 8.79. The second-order valence-corrected chi connectivity index (χ2v) is 10.1. The molecule has 0 radical (unpaired) electrons. The molecule has 0 fully saturated rings. The van der Waals surface area contributed by atoms with E-state index in [0.717, 1.165) is 36.1 Å². The van der Waals surface area contributed by atoms with Crippen LogP contribution in [0.25, 0.3) is 0 Å². The van der Waals surface area contributed by atoms with Gasteiger partial charge in [0.05, 0.1) is 29.8 Å². The molecule has 0 spiro atoms. The maximum absolute atomic E-state index is 13.8. The summed E-state index contributed by atoms with van der Waals surface area (Å²) in [4.78, 5) is 12.6. The quantitative estimate of drug-likeness (QED) is 0.468. The number of nitrogens with zero attached hydrogens (tertiary/aromatic N) is 1. The summed E-state index contributed by atoms with van der Waals surface area (Å²) in [5.41, 5.74) is 1.36. The third kappa shape index (κ3) is 6.21. The summed E-state index contributed by atoms with van der Waals surface area (Å²) in [7, 11) is -1.41. The first-order valence-electron chi connectivity index (χ1n) is 10.9. The van der Waals surface area contributed by atoms with Crippen molar-refractivity contribution in [1.82, 2.24) is 5.32 Å². The molecule has 0 saturated heterocycles. The summed E-state index contributed by atoms with van der Waals surface area (Å²) in [6.45, 7) is -0.100. The molecule has 2 aromatic carbocycles. The van der Waals surface area contributed by atoms with Crippen LogP contribution < -0.4 is 19.1 Å². The van der Waals surface area contributed by atoms with E-state index >= 15 is 0 Å². The lowest BCUT2D eigenvalue weighted by atomic mass is 9.97. The second-order valence-electron chi connectivity index (χ2n) is 7.83. The van der Waals surface area contributed by atoms with Gasteiger partial charge in [-0.05, 0) is 62.4 Å². The third-order valence-electron chi connectivity index (χ3n) is 5.57. The zero-order valence-electron chi connectivity index (χ0n) is 19.1. The van der Waals surface area contributed by atoms with Gasteiger partial charge in [0, 0.05) is 12.6 Å². The summed E-state index contributed by atoms with van der Waals surface area (Å²) < 4.78 is 52.2. The molecule has 184 valence electrons. The number of ether oxygens (including phenoxy) is 2. The Hall–Kier alpha value is -2.78. The van der Waals surface area contributed by atoms with E-state index in [9.17, 15) is 17.6 Å². The van der Waals surface area contributed by atoms with E-state index in [4.69, 9.17) is 21.1 Å². The zero-order valence-corrected chi connectivity index (χ0v) is 20.7. The van der Waals surface area contributed by atoms with Crippen LogP contribution in [0.3, 0.4) is 0 Å². The molecular weight excluding hydrogens is 483 g/mol. The number of anilines is 1. The Morgan fingerprint density at radius 1 is 1.12 bits per heavy atom. The highest BCUT2D eigenvalue weighted by Crippen LogP contribution is 2.33. The van der Waals surface area contributed by atoms with Crippen molar-refractivity contribution in [3.05, 3.63) is 58.9 Å². The van der Waals surface area contributed by atoms with Gasteiger partial charge in [0.2, 0.25) is 5.91 Å². The van der Waals surface area contributed by atoms with E-state index in [0.29, 0.717) is 12.3 Å². The lowest BCUT2D eigenvalue weighted by molar-refractivity contribution is -0.119. The van der Waals surface area contributed by atoms with Gasteiger partial charge in [0.15, 0.2) is 11.5 Å². The highest BCUT2D eigenvalue weighted by atomic mass is 35.5. The van der Waals surface area contributed by atoms with E-state index in [1.165, 1.54) is 56.5 Å². The molecule has 1 N–H and O–H groups in total. The fraction of sp³-hybridized carbons (Fsp3) is 0.375. The van der Waals surface area contributed by atoms with Crippen LogP contribution in [-0.4, -0.2) is 41.6 Å². The van der Waals surface area contributed by atoms with Gasteiger partial charge >= 0.3 is 0 Å². The highest BCUT2D eigenvalue weighted by Gasteiger charge is 2.29. The van der Waals surface area contributed by atoms with E-state index in [2.05, 4.69) is 11.4 Å². The lowest BCUT2D eigenvalue weighted by Crippen LogP contribution is -2.41. The van der Waals surface area contributed by atoms with E-state index < -0.39 is 28.3 Å². The molecule has 0 aliphatic heterocycles. The standard InChI is InChI=1S/C24H28ClFN2O5S/c1-32-22-11-9-19(15-23(22)33-2)34(30,31)28(18-8-10-21(26)20(25)14-18)16-24(29)27-13-12-17-6-4-3-5-7-17/h6,8-11,14-15H,3-5,7,12-13,16H2,1-2H3,(H,27,29). The zero-order chi connectivity index (χ0) is 24.7. The van der Waals surface area contributed by atoms with Crippen molar-refractivity contribution in [2.75, 3.05) is 31.6 Å². The van der Waals surface area contributed by atoms with Crippen molar-refractivity contribution in [3.8, 4) is 11.5 Å². The average molecular weight is 511 g/mol. The van der Waals surface area contributed by atoms with Crippen LogP contribution in [0.2, 0.25) is 5.02 Å². The largest absolute Gasteiger partial charge is 0.493 e. The van der Waals surface area contributed by atoms with Gasteiger partial charge in [-0.1, -0.05) is 23.3 Å². The number of nitrogens with one attached hydrogen (secondary N) is 1. The number of amides is 1. The summed E-state index contributed by atoms with van der Waals surface area (Å²) in [5, 5.41) is 2.53. The first kappa shape index (κ1) is 25.8. The predicted molar refractivity (Wildman–Crippen MR) is 130 cm³/mol. The summed E-state index contributed by atoms with van der Waals surface area (Å²) in [6, 6.07) is 7.61. The Morgan fingerprint density at radius 2 is 1.88 bits per heavy atom. The minimum atomic E-state index is -4.24. The summed E-state index contributed by atoms with van der Waals surface area (Å²) in [6.07, 6.45) is 7.30. The molecule has 7 nitrogen and oxygen atoms in total. The number of carbonyl (C=O) groups excluding carboxylic acids is 1. The number of sulfonamides is 1. The van der Waals surface area contributed by atoms with Crippen LogP contribution in [0, 0.1) is 5.82 Å². The van der Waals surface area contributed by atoms with Crippen molar-refractivity contribution in [1.29, 1.82) is 0 Å². The number of methoxy groups -OCH3 is 2. The summed E-state index contributed by atoms with van der Waals surface area (Å²) in [5.74, 6) is -0.613. The van der Waals surface area contributed by atoms with Crippen molar-refractivity contribution < 1.29 is 27.1 Å². The van der Waals surface area contributed by atoms with Crippen LogP contribution in [0.4, 0.5) is 10.1 Å². The summed E-state index contributed by atoms with van der Waals surface area (Å²) >= 11 is 5.91. The molecule has 0 aromatic heterocycles. The number of hydrogen-bond acceptors (Lipinski definition) is 5. The van der Waals surface area contributed by atoms with Crippen LogP contribution in [0.5, 0.6) is 11.5 Å². The monoisotopic (exact) mass is 510 g/mol. The molecule has 34 heavy (non-hydrogen) atoms. The number of allylic oxidation sites excluding steroid dienone is 1. The molecule has 0 atom stereocenters. The molecule has 10 heteroatoms. The molecule has 3 rings (SSSR count). The van der Waals surface area contributed by atoms with Gasteiger partial charge in [0.25, 0.3) is 10.0 Å². The maximum atomic E-state index is 13.8. The first-order valence-corrected chi connectivity index (χ1v) is 12.7. The third-order valence-corrected chi connectivity index (χ3v) is 7.63. The minimum Gasteiger partial charge on any atom is -0.493 e. The van der Waals surface area contributed by atoms with Crippen LogP contribution >= 0.6 is 11.6 Å².